The third-order valence-corrected chi connectivity index (χ3v) is 7.61. The molecular formula is C34H69NaO12S. The smallest absolute Gasteiger partial charge is 0.726 e. The summed E-state index contributed by atoms with van der Waals surface area (Å²) in [7, 11) is -4.69. The minimum atomic E-state index is -4.69. The maximum absolute atomic E-state index is 10.3. The second kappa shape index (κ2) is 34.6. The molecular weight excluding hydrogens is 655 g/mol. The molecule has 48 heavy (non-hydrogen) atoms. The molecule has 0 bridgehead atoms. The van der Waals surface area contributed by atoms with Gasteiger partial charge in [-0.25, -0.2) is 8.42 Å². The second-order valence-corrected chi connectivity index (χ2v) is 13.6. The Balaban J connectivity index is 0. The van der Waals surface area contributed by atoms with E-state index in [0.29, 0.717) is 46.2 Å². The maximum Gasteiger partial charge on any atom is 1.00 e. The van der Waals surface area contributed by atoms with Crippen LogP contribution in [0.5, 0.6) is 0 Å². The molecule has 0 aliphatic rings. The Morgan fingerprint density at radius 1 is 0.438 bits per heavy atom. The van der Waals surface area contributed by atoms with E-state index >= 15 is 0 Å². The van der Waals surface area contributed by atoms with Gasteiger partial charge in [-0.2, -0.15) is 0 Å². The van der Waals surface area contributed by atoms with Gasteiger partial charge in [0.15, 0.2) is 0 Å². The number of ether oxygens (including phenoxy) is 8. The molecule has 0 aromatic rings. The minimum Gasteiger partial charge on any atom is -0.726 e. The van der Waals surface area contributed by atoms with E-state index in [1.807, 2.05) is 41.5 Å². The number of hydrogen-bond donors (Lipinski definition) is 0. The Morgan fingerprint density at radius 3 is 1.21 bits per heavy atom. The molecule has 0 aliphatic heterocycles. The van der Waals surface area contributed by atoms with E-state index in [-0.39, 0.29) is 86.0 Å². The first-order valence-corrected chi connectivity index (χ1v) is 19.2. The zero-order chi connectivity index (χ0) is 35.2. The molecule has 0 aromatic heterocycles. The molecule has 0 rings (SSSR count). The Labute approximate surface area is 315 Å². The summed E-state index contributed by atoms with van der Waals surface area (Å²) < 4.78 is 80.9. The van der Waals surface area contributed by atoms with Crippen molar-refractivity contribution in [2.45, 2.75) is 149 Å². The van der Waals surface area contributed by atoms with Crippen LogP contribution in [0.15, 0.2) is 0 Å². The first-order chi connectivity index (χ1) is 22.4. The van der Waals surface area contributed by atoms with Crippen LogP contribution in [0.2, 0.25) is 0 Å². The van der Waals surface area contributed by atoms with Crippen LogP contribution in [-0.4, -0.2) is 122 Å². The van der Waals surface area contributed by atoms with Crippen molar-refractivity contribution in [3.63, 3.8) is 0 Å². The van der Waals surface area contributed by atoms with Gasteiger partial charge in [0.25, 0.3) is 0 Å². The van der Waals surface area contributed by atoms with Gasteiger partial charge in [0.05, 0.1) is 103 Å². The van der Waals surface area contributed by atoms with Gasteiger partial charge in [-0.15, -0.1) is 0 Å². The summed E-state index contributed by atoms with van der Waals surface area (Å²) in [5, 5.41) is 0. The largest absolute Gasteiger partial charge is 1.00 e. The topological polar surface area (TPSA) is 140 Å². The molecule has 6 unspecified atom stereocenters. The van der Waals surface area contributed by atoms with Crippen LogP contribution in [0, 0.1) is 0 Å². The molecule has 12 nitrogen and oxygen atoms in total. The van der Waals surface area contributed by atoms with Gasteiger partial charge in [0.2, 0.25) is 10.4 Å². The summed E-state index contributed by atoms with van der Waals surface area (Å²) in [6.45, 7) is 17.9. The van der Waals surface area contributed by atoms with E-state index in [9.17, 15) is 13.0 Å². The summed E-state index contributed by atoms with van der Waals surface area (Å²) >= 11 is 0. The molecule has 6 atom stereocenters. The van der Waals surface area contributed by atoms with E-state index in [2.05, 4.69) is 11.1 Å². The molecule has 0 N–H and O–H groups in total. The van der Waals surface area contributed by atoms with Crippen molar-refractivity contribution < 1.29 is 84.6 Å². The van der Waals surface area contributed by atoms with E-state index in [0.717, 1.165) is 13.0 Å². The van der Waals surface area contributed by atoms with Crippen LogP contribution in [0.4, 0.5) is 0 Å². The number of hydrogen-bond acceptors (Lipinski definition) is 12. The van der Waals surface area contributed by atoms with Gasteiger partial charge >= 0.3 is 29.6 Å². The second-order valence-electron chi connectivity index (χ2n) is 12.5. The van der Waals surface area contributed by atoms with Gasteiger partial charge in [-0.3, -0.25) is 4.18 Å². The van der Waals surface area contributed by atoms with E-state index < -0.39 is 10.4 Å². The van der Waals surface area contributed by atoms with Crippen molar-refractivity contribution in [3.8, 4) is 0 Å². The Morgan fingerprint density at radius 2 is 0.792 bits per heavy atom. The molecule has 0 aromatic carbocycles. The van der Waals surface area contributed by atoms with Crippen molar-refractivity contribution in [2.75, 3.05) is 72.7 Å². The third kappa shape index (κ3) is 37.8. The molecule has 0 saturated heterocycles. The van der Waals surface area contributed by atoms with E-state index in [1.165, 1.54) is 57.8 Å². The van der Waals surface area contributed by atoms with Gasteiger partial charge < -0.3 is 42.4 Å². The fourth-order valence-corrected chi connectivity index (χ4v) is 4.61. The van der Waals surface area contributed by atoms with Crippen molar-refractivity contribution in [1.82, 2.24) is 0 Å². The number of rotatable bonds is 36. The van der Waals surface area contributed by atoms with Gasteiger partial charge in [-0.1, -0.05) is 64.7 Å². The van der Waals surface area contributed by atoms with Gasteiger partial charge in [0, 0.05) is 6.61 Å². The van der Waals surface area contributed by atoms with Crippen LogP contribution in [0.25, 0.3) is 0 Å². The monoisotopic (exact) mass is 724 g/mol. The third-order valence-electron chi connectivity index (χ3n) is 7.16. The van der Waals surface area contributed by atoms with Crippen molar-refractivity contribution in [1.29, 1.82) is 0 Å². The Kier molecular flexibility index (Phi) is 36.5. The fraction of sp³-hybridized carbons (Fsp3) is 1.00. The van der Waals surface area contributed by atoms with Crippen LogP contribution < -0.4 is 29.6 Å². The molecule has 0 fully saturated rings. The first kappa shape index (κ1) is 50.7. The van der Waals surface area contributed by atoms with Crippen LogP contribution >= 0.6 is 0 Å². The summed E-state index contributed by atoms with van der Waals surface area (Å²) in [6.07, 6.45) is 12.8. The molecule has 0 spiro atoms. The van der Waals surface area contributed by atoms with Gasteiger partial charge in [0.1, 0.15) is 0 Å². The molecule has 0 aliphatic carbocycles. The van der Waals surface area contributed by atoms with Crippen molar-refractivity contribution >= 4 is 10.4 Å². The van der Waals surface area contributed by atoms with Crippen LogP contribution in [0.1, 0.15) is 113 Å². The standard InChI is InChI=1S/C34H70O12S.Na/c1-8-9-10-11-12-13-14-15-16-17-18-39-23-29(2)41-25-31(4)43-27-33(6)45-28-34(7)44-26-32(5)42-24-30(3)40-21-19-38-20-22-46-47(35,36)37;/h29-34H,8-28H2,1-7H3,(H,35,36,37);/q;+1/p-1. The predicted octanol–water partition coefficient (Wildman–Crippen LogP) is 2.85. The summed E-state index contributed by atoms with van der Waals surface area (Å²) in [5.74, 6) is 0. The zero-order valence-corrected chi connectivity index (χ0v) is 34.4. The average Bonchev–Trinajstić information content (AvgIpc) is 3.02. The van der Waals surface area contributed by atoms with Crippen LogP contribution in [-0.2, 0) is 52.5 Å². The molecule has 284 valence electrons. The predicted molar refractivity (Wildman–Crippen MR) is 182 cm³/mol. The quantitative estimate of drug-likeness (QED) is 0.0406. The minimum absolute atomic E-state index is 0. The van der Waals surface area contributed by atoms with E-state index in [1.54, 1.807) is 0 Å². The van der Waals surface area contributed by atoms with Gasteiger partial charge in [-0.05, 0) is 48.0 Å². The Hall–Kier alpha value is 0.550. The normalized spacial score (nSPS) is 15.8. The number of unbranched alkanes of at least 4 members (excludes halogenated alkanes) is 9. The molecule has 14 heteroatoms. The average molecular weight is 725 g/mol. The summed E-state index contributed by atoms with van der Waals surface area (Å²) in [4.78, 5) is 0. The first-order valence-electron chi connectivity index (χ1n) is 17.9. The Bertz CT molecular complexity index is 779. The van der Waals surface area contributed by atoms with Crippen LogP contribution in [0.3, 0.4) is 0 Å². The summed E-state index contributed by atoms with van der Waals surface area (Å²) in [5.41, 5.74) is 0. The van der Waals surface area contributed by atoms with E-state index in [4.69, 9.17) is 37.9 Å². The molecule has 0 saturated carbocycles. The molecule has 0 amide bonds. The molecule has 0 radical (unpaired) electrons. The maximum atomic E-state index is 10.3. The zero-order valence-electron chi connectivity index (χ0n) is 31.6. The van der Waals surface area contributed by atoms with Crippen molar-refractivity contribution in [3.05, 3.63) is 0 Å². The fourth-order valence-electron chi connectivity index (χ4n) is 4.33. The van der Waals surface area contributed by atoms with Crippen molar-refractivity contribution in [2.24, 2.45) is 0 Å². The summed E-state index contributed by atoms with van der Waals surface area (Å²) in [6, 6.07) is 0. The SMILES string of the molecule is CCCCCCCCCCCCOCC(C)OCC(C)OCC(C)OCC(C)OCC(C)OCC(C)OCCOCCOS(=O)(=O)[O-].[Na+]. The molecule has 0 heterocycles.